The Bertz CT molecular complexity index is 374. The van der Waals surface area contributed by atoms with Crippen molar-refractivity contribution in [3.63, 3.8) is 0 Å². The Morgan fingerprint density at radius 2 is 1.83 bits per heavy atom. The molecule has 0 radical (unpaired) electrons. The molecule has 102 valence electrons. The largest absolute Gasteiger partial charge is 0.493 e. The number of ether oxygens (including phenoxy) is 3. The van der Waals surface area contributed by atoms with Gasteiger partial charge in [0.25, 0.3) is 0 Å². The second kappa shape index (κ2) is 6.61. The monoisotopic (exact) mass is 254 g/mol. The van der Waals surface area contributed by atoms with Gasteiger partial charge in [0, 0.05) is 13.0 Å². The van der Waals surface area contributed by atoms with E-state index >= 15 is 0 Å². The van der Waals surface area contributed by atoms with E-state index in [0.29, 0.717) is 31.1 Å². The van der Waals surface area contributed by atoms with Gasteiger partial charge in [-0.05, 0) is 31.5 Å². The highest BCUT2D eigenvalue weighted by molar-refractivity contribution is 5.43. The van der Waals surface area contributed by atoms with Crippen LogP contribution in [0.4, 0.5) is 0 Å². The fraction of sp³-hybridized carbons (Fsp3) is 0.571. The first-order valence-electron chi connectivity index (χ1n) is 6.03. The molecule has 4 nitrogen and oxygen atoms in total. The van der Waals surface area contributed by atoms with Crippen molar-refractivity contribution in [1.82, 2.24) is 0 Å². The van der Waals surface area contributed by atoms with Crippen LogP contribution in [0.3, 0.4) is 0 Å². The van der Waals surface area contributed by atoms with E-state index in [0.717, 1.165) is 5.56 Å². The van der Waals surface area contributed by atoms with Gasteiger partial charge < -0.3 is 19.3 Å². The van der Waals surface area contributed by atoms with Crippen LogP contribution in [0.2, 0.25) is 0 Å². The zero-order valence-corrected chi connectivity index (χ0v) is 11.5. The Kier molecular flexibility index (Phi) is 5.44. The summed E-state index contributed by atoms with van der Waals surface area (Å²) in [4.78, 5) is 0. The molecular formula is C14H22O4. The van der Waals surface area contributed by atoms with Gasteiger partial charge in [-0.2, -0.15) is 0 Å². The molecular weight excluding hydrogens is 232 g/mol. The normalized spacial score (nSPS) is 14.1. The van der Waals surface area contributed by atoms with E-state index in [1.807, 2.05) is 25.1 Å². The molecule has 0 saturated carbocycles. The molecule has 0 fully saturated rings. The fourth-order valence-electron chi connectivity index (χ4n) is 1.80. The van der Waals surface area contributed by atoms with Gasteiger partial charge in [0.1, 0.15) is 0 Å². The van der Waals surface area contributed by atoms with Crippen molar-refractivity contribution in [3.05, 3.63) is 23.8 Å². The third kappa shape index (κ3) is 4.20. The van der Waals surface area contributed by atoms with Gasteiger partial charge in [-0.15, -0.1) is 0 Å². The average Bonchev–Trinajstić information content (AvgIpc) is 2.35. The molecule has 0 bridgehead atoms. The molecule has 0 aliphatic rings. The highest BCUT2D eigenvalue weighted by Crippen LogP contribution is 2.29. The number of hydrogen-bond acceptors (Lipinski definition) is 4. The molecule has 18 heavy (non-hydrogen) atoms. The van der Waals surface area contributed by atoms with Gasteiger partial charge in [-0.25, -0.2) is 0 Å². The lowest BCUT2D eigenvalue weighted by molar-refractivity contribution is -0.0296. The summed E-state index contributed by atoms with van der Waals surface area (Å²) in [5.41, 5.74) is 0.104. The van der Waals surface area contributed by atoms with E-state index in [2.05, 4.69) is 0 Å². The quantitative estimate of drug-likeness (QED) is 0.809. The van der Waals surface area contributed by atoms with Gasteiger partial charge in [-0.1, -0.05) is 6.07 Å². The van der Waals surface area contributed by atoms with Crippen LogP contribution in [-0.4, -0.2) is 38.1 Å². The summed E-state index contributed by atoms with van der Waals surface area (Å²) in [6.45, 7) is 4.59. The Labute approximate surface area is 108 Å². The summed E-state index contributed by atoms with van der Waals surface area (Å²) in [5, 5.41) is 10.2. The van der Waals surface area contributed by atoms with Gasteiger partial charge in [-0.3, -0.25) is 0 Å². The summed E-state index contributed by atoms with van der Waals surface area (Å²) in [5.74, 6) is 1.35. The smallest absolute Gasteiger partial charge is 0.160 e. The van der Waals surface area contributed by atoms with Crippen LogP contribution in [0.25, 0.3) is 0 Å². The number of methoxy groups -OCH3 is 2. The van der Waals surface area contributed by atoms with Crippen LogP contribution in [0.15, 0.2) is 18.2 Å². The van der Waals surface area contributed by atoms with E-state index in [1.54, 1.807) is 21.1 Å². The standard InChI is InChI=1S/C14H22O4/c1-5-18-10-14(2,15)9-11-6-7-12(16-3)13(8-11)17-4/h6-8,15H,5,9-10H2,1-4H3. The minimum atomic E-state index is -0.879. The fourth-order valence-corrected chi connectivity index (χ4v) is 1.80. The second-order valence-electron chi connectivity index (χ2n) is 4.50. The average molecular weight is 254 g/mol. The van der Waals surface area contributed by atoms with Crippen LogP contribution in [0, 0.1) is 0 Å². The summed E-state index contributed by atoms with van der Waals surface area (Å²) in [7, 11) is 3.20. The molecule has 0 amide bonds. The Morgan fingerprint density at radius 1 is 1.17 bits per heavy atom. The minimum absolute atomic E-state index is 0.317. The van der Waals surface area contributed by atoms with Crippen LogP contribution >= 0.6 is 0 Å². The lowest BCUT2D eigenvalue weighted by Crippen LogP contribution is -2.33. The van der Waals surface area contributed by atoms with Crippen LogP contribution in [-0.2, 0) is 11.2 Å². The maximum absolute atomic E-state index is 10.2. The van der Waals surface area contributed by atoms with Crippen molar-refractivity contribution in [2.24, 2.45) is 0 Å². The molecule has 0 heterocycles. The van der Waals surface area contributed by atoms with Crippen molar-refractivity contribution >= 4 is 0 Å². The molecule has 1 aromatic carbocycles. The van der Waals surface area contributed by atoms with Crippen molar-refractivity contribution in [2.75, 3.05) is 27.4 Å². The molecule has 0 aromatic heterocycles. The van der Waals surface area contributed by atoms with E-state index in [9.17, 15) is 5.11 Å². The molecule has 0 spiro atoms. The van der Waals surface area contributed by atoms with Crippen LogP contribution in [0.5, 0.6) is 11.5 Å². The first-order valence-corrected chi connectivity index (χ1v) is 6.03. The maximum atomic E-state index is 10.2. The number of benzene rings is 1. The molecule has 1 aromatic rings. The summed E-state index contributed by atoms with van der Waals surface area (Å²) >= 11 is 0. The summed E-state index contributed by atoms with van der Waals surface area (Å²) < 4.78 is 15.7. The Balaban J connectivity index is 2.78. The molecule has 4 heteroatoms. The van der Waals surface area contributed by atoms with Gasteiger partial charge in [0.05, 0.1) is 26.4 Å². The van der Waals surface area contributed by atoms with Gasteiger partial charge in [0.15, 0.2) is 11.5 Å². The third-order valence-corrected chi connectivity index (χ3v) is 2.65. The SMILES string of the molecule is CCOCC(C)(O)Cc1ccc(OC)c(OC)c1. The van der Waals surface area contributed by atoms with Crippen molar-refractivity contribution in [3.8, 4) is 11.5 Å². The summed E-state index contributed by atoms with van der Waals surface area (Å²) in [6.07, 6.45) is 0.507. The maximum Gasteiger partial charge on any atom is 0.160 e. The van der Waals surface area contributed by atoms with Crippen LogP contribution in [0.1, 0.15) is 19.4 Å². The van der Waals surface area contributed by atoms with Crippen molar-refractivity contribution < 1.29 is 19.3 Å². The molecule has 1 atom stereocenters. The highest BCUT2D eigenvalue weighted by atomic mass is 16.5. The van der Waals surface area contributed by atoms with Gasteiger partial charge >= 0.3 is 0 Å². The van der Waals surface area contributed by atoms with E-state index in [1.165, 1.54) is 0 Å². The zero-order valence-electron chi connectivity index (χ0n) is 11.5. The predicted molar refractivity (Wildman–Crippen MR) is 70.4 cm³/mol. The topological polar surface area (TPSA) is 47.9 Å². The second-order valence-corrected chi connectivity index (χ2v) is 4.50. The lowest BCUT2D eigenvalue weighted by Gasteiger charge is -2.23. The summed E-state index contributed by atoms with van der Waals surface area (Å²) in [6, 6.07) is 5.63. The van der Waals surface area contributed by atoms with E-state index in [-0.39, 0.29) is 0 Å². The van der Waals surface area contributed by atoms with Crippen molar-refractivity contribution in [2.45, 2.75) is 25.9 Å². The Morgan fingerprint density at radius 3 is 2.39 bits per heavy atom. The molecule has 0 aliphatic carbocycles. The molecule has 1 unspecified atom stereocenters. The number of aliphatic hydroxyl groups is 1. The zero-order chi connectivity index (χ0) is 13.6. The van der Waals surface area contributed by atoms with Crippen molar-refractivity contribution in [1.29, 1.82) is 0 Å². The first-order chi connectivity index (χ1) is 8.52. The highest BCUT2D eigenvalue weighted by Gasteiger charge is 2.21. The third-order valence-electron chi connectivity index (χ3n) is 2.65. The number of rotatable bonds is 7. The molecule has 1 N–H and O–H groups in total. The molecule has 0 aliphatic heterocycles. The lowest BCUT2D eigenvalue weighted by atomic mass is 9.97. The van der Waals surface area contributed by atoms with Gasteiger partial charge in [0.2, 0.25) is 0 Å². The first kappa shape index (κ1) is 14.8. The predicted octanol–water partition coefficient (Wildman–Crippen LogP) is 2.03. The van der Waals surface area contributed by atoms with E-state index in [4.69, 9.17) is 14.2 Å². The molecule has 1 rings (SSSR count). The minimum Gasteiger partial charge on any atom is -0.493 e. The van der Waals surface area contributed by atoms with E-state index < -0.39 is 5.60 Å². The number of hydrogen-bond donors (Lipinski definition) is 1. The van der Waals surface area contributed by atoms with Crippen LogP contribution < -0.4 is 9.47 Å². The molecule has 0 saturated heterocycles. The Hall–Kier alpha value is -1.26.